The lowest BCUT2D eigenvalue weighted by Gasteiger charge is -2.20. The lowest BCUT2D eigenvalue weighted by atomic mass is 10.1. The number of anilines is 1. The number of carbonyl (C=O) groups excluding carboxylic acids is 1. The number of benzene rings is 1. The summed E-state index contributed by atoms with van der Waals surface area (Å²) in [5.41, 5.74) is 5.14. The van der Waals surface area contributed by atoms with Gasteiger partial charge in [0.2, 0.25) is 0 Å². The average Bonchev–Trinajstić information content (AvgIpc) is 2.82. The summed E-state index contributed by atoms with van der Waals surface area (Å²) < 4.78 is 0. The molecule has 16 heavy (non-hydrogen) atoms. The maximum atomic E-state index is 11.4. The van der Waals surface area contributed by atoms with Crippen molar-refractivity contribution in [2.24, 2.45) is 5.84 Å². The third-order valence-electron chi connectivity index (χ3n) is 3.05. The Balaban J connectivity index is 2.32. The van der Waals surface area contributed by atoms with Crippen molar-refractivity contribution in [3.63, 3.8) is 0 Å². The van der Waals surface area contributed by atoms with Crippen molar-refractivity contribution in [2.75, 3.05) is 18.0 Å². The highest BCUT2D eigenvalue weighted by molar-refractivity contribution is 5.95. The lowest BCUT2D eigenvalue weighted by Crippen LogP contribution is -2.30. The highest BCUT2D eigenvalue weighted by Crippen LogP contribution is 2.25. The second-order valence-corrected chi connectivity index (χ2v) is 4.17. The monoisotopic (exact) mass is 219 g/mol. The number of rotatable bonds is 2. The minimum Gasteiger partial charge on any atom is -0.371 e. The fraction of sp³-hybridized carbons (Fsp3) is 0.417. The molecule has 1 fully saturated rings. The number of hydrogen-bond donors (Lipinski definition) is 2. The van der Waals surface area contributed by atoms with Crippen LogP contribution in [0, 0.1) is 6.92 Å². The van der Waals surface area contributed by atoms with E-state index in [0.717, 1.165) is 18.8 Å². The van der Waals surface area contributed by atoms with Gasteiger partial charge in [-0.25, -0.2) is 5.84 Å². The molecule has 86 valence electrons. The largest absolute Gasteiger partial charge is 0.371 e. The molecule has 0 unspecified atom stereocenters. The van der Waals surface area contributed by atoms with E-state index in [-0.39, 0.29) is 5.91 Å². The second-order valence-electron chi connectivity index (χ2n) is 4.17. The molecule has 1 aromatic rings. The van der Waals surface area contributed by atoms with Crippen LogP contribution in [-0.2, 0) is 0 Å². The van der Waals surface area contributed by atoms with Gasteiger partial charge in [0.1, 0.15) is 0 Å². The molecule has 0 aliphatic carbocycles. The first-order valence-corrected chi connectivity index (χ1v) is 5.59. The Kier molecular flexibility index (Phi) is 3.10. The third kappa shape index (κ3) is 2.02. The molecule has 0 saturated carbocycles. The zero-order chi connectivity index (χ0) is 11.5. The minimum atomic E-state index is -0.236. The van der Waals surface area contributed by atoms with Crippen molar-refractivity contribution in [3.05, 3.63) is 29.3 Å². The van der Waals surface area contributed by atoms with Crippen LogP contribution in [0.1, 0.15) is 28.8 Å². The summed E-state index contributed by atoms with van der Waals surface area (Å²) in [6.07, 6.45) is 2.46. The number of nitrogen functional groups attached to an aromatic ring is 1. The van der Waals surface area contributed by atoms with Crippen LogP contribution in [0.3, 0.4) is 0 Å². The first-order valence-electron chi connectivity index (χ1n) is 5.59. The molecule has 1 aromatic carbocycles. The number of amides is 1. The van der Waals surface area contributed by atoms with Gasteiger partial charge in [0, 0.05) is 24.3 Å². The summed E-state index contributed by atoms with van der Waals surface area (Å²) >= 11 is 0. The van der Waals surface area contributed by atoms with E-state index >= 15 is 0 Å². The highest BCUT2D eigenvalue weighted by Gasteiger charge is 2.15. The molecule has 4 nitrogen and oxygen atoms in total. The summed E-state index contributed by atoms with van der Waals surface area (Å²) in [6.45, 7) is 4.22. The molecule has 1 heterocycles. The molecule has 1 aliphatic heterocycles. The summed E-state index contributed by atoms with van der Waals surface area (Å²) in [5, 5.41) is 0. The van der Waals surface area contributed by atoms with Gasteiger partial charge < -0.3 is 4.90 Å². The third-order valence-corrected chi connectivity index (χ3v) is 3.05. The van der Waals surface area contributed by atoms with Crippen molar-refractivity contribution in [3.8, 4) is 0 Å². The smallest absolute Gasteiger partial charge is 0.265 e. The van der Waals surface area contributed by atoms with E-state index < -0.39 is 0 Å². The van der Waals surface area contributed by atoms with Crippen molar-refractivity contribution in [1.29, 1.82) is 0 Å². The van der Waals surface area contributed by atoms with Gasteiger partial charge in [0.15, 0.2) is 0 Å². The van der Waals surface area contributed by atoms with Gasteiger partial charge in [-0.2, -0.15) is 0 Å². The zero-order valence-corrected chi connectivity index (χ0v) is 9.49. The second kappa shape index (κ2) is 4.53. The lowest BCUT2D eigenvalue weighted by molar-refractivity contribution is 0.0953. The van der Waals surface area contributed by atoms with Crippen LogP contribution in [0.5, 0.6) is 0 Å². The summed E-state index contributed by atoms with van der Waals surface area (Å²) in [6, 6.07) is 5.69. The number of hydrogen-bond acceptors (Lipinski definition) is 3. The fourth-order valence-electron chi connectivity index (χ4n) is 2.13. The molecular formula is C12H17N3O. The molecule has 0 aromatic heterocycles. The maximum absolute atomic E-state index is 11.4. The van der Waals surface area contributed by atoms with Crippen LogP contribution >= 0.6 is 0 Å². The SMILES string of the molecule is Cc1ccc(C(=O)NN)cc1N1CCCC1. The van der Waals surface area contributed by atoms with E-state index in [1.54, 1.807) is 6.07 Å². The van der Waals surface area contributed by atoms with Crippen molar-refractivity contribution in [1.82, 2.24) is 5.43 Å². The van der Waals surface area contributed by atoms with E-state index in [2.05, 4.69) is 17.2 Å². The fourth-order valence-corrected chi connectivity index (χ4v) is 2.13. The molecule has 1 amide bonds. The Morgan fingerprint density at radius 1 is 1.38 bits per heavy atom. The van der Waals surface area contributed by atoms with Crippen LogP contribution in [-0.4, -0.2) is 19.0 Å². The Morgan fingerprint density at radius 2 is 2.06 bits per heavy atom. The van der Waals surface area contributed by atoms with E-state index in [1.807, 2.05) is 12.1 Å². The zero-order valence-electron chi connectivity index (χ0n) is 9.49. The number of nitrogens with one attached hydrogen (secondary N) is 1. The quantitative estimate of drug-likeness (QED) is 0.446. The van der Waals surface area contributed by atoms with Crippen molar-refractivity contribution >= 4 is 11.6 Å². The summed E-state index contributed by atoms with van der Waals surface area (Å²) in [7, 11) is 0. The number of hydrazine groups is 1. The van der Waals surface area contributed by atoms with Gasteiger partial charge in [-0.1, -0.05) is 6.07 Å². The standard InChI is InChI=1S/C12H17N3O/c1-9-4-5-10(12(16)14-13)8-11(9)15-6-2-3-7-15/h4-5,8H,2-3,6-7,13H2,1H3,(H,14,16). The van der Waals surface area contributed by atoms with Crippen LogP contribution in [0.25, 0.3) is 0 Å². The molecule has 0 bridgehead atoms. The normalized spacial score (nSPS) is 15.2. The molecule has 2 rings (SSSR count). The van der Waals surface area contributed by atoms with Crippen LogP contribution in [0.15, 0.2) is 18.2 Å². The number of nitrogens with zero attached hydrogens (tertiary/aromatic N) is 1. The first-order chi connectivity index (χ1) is 7.72. The Labute approximate surface area is 95.4 Å². The molecular weight excluding hydrogens is 202 g/mol. The Morgan fingerprint density at radius 3 is 2.69 bits per heavy atom. The predicted octanol–water partition coefficient (Wildman–Crippen LogP) is 1.20. The molecule has 3 N–H and O–H groups in total. The van der Waals surface area contributed by atoms with Crippen LogP contribution < -0.4 is 16.2 Å². The Bertz CT molecular complexity index is 397. The molecule has 0 atom stereocenters. The van der Waals surface area contributed by atoms with Crippen LogP contribution in [0.2, 0.25) is 0 Å². The molecule has 0 spiro atoms. The van der Waals surface area contributed by atoms with E-state index in [0.29, 0.717) is 5.56 Å². The van der Waals surface area contributed by atoms with Gasteiger partial charge in [0.05, 0.1) is 0 Å². The van der Waals surface area contributed by atoms with Crippen molar-refractivity contribution < 1.29 is 4.79 Å². The van der Waals surface area contributed by atoms with Gasteiger partial charge in [-0.3, -0.25) is 10.2 Å². The van der Waals surface area contributed by atoms with E-state index in [4.69, 9.17) is 5.84 Å². The van der Waals surface area contributed by atoms with Gasteiger partial charge >= 0.3 is 0 Å². The highest BCUT2D eigenvalue weighted by atomic mass is 16.2. The van der Waals surface area contributed by atoms with E-state index in [9.17, 15) is 4.79 Å². The number of carbonyl (C=O) groups is 1. The first kappa shape index (κ1) is 11.0. The molecule has 4 heteroatoms. The summed E-state index contributed by atoms with van der Waals surface area (Å²) in [5.74, 6) is 4.90. The van der Waals surface area contributed by atoms with Crippen LogP contribution in [0.4, 0.5) is 5.69 Å². The summed E-state index contributed by atoms with van der Waals surface area (Å²) in [4.78, 5) is 13.8. The molecule has 1 aliphatic rings. The molecule has 1 saturated heterocycles. The van der Waals surface area contributed by atoms with Gasteiger partial charge in [0.25, 0.3) is 5.91 Å². The number of aryl methyl sites for hydroxylation is 1. The van der Waals surface area contributed by atoms with E-state index in [1.165, 1.54) is 18.4 Å². The number of nitrogens with two attached hydrogens (primary N) is 1. The van der Waals surface area contributed by atoms with Gasteiger partial charge in [-0.15, -0.1) is 0 Å². The predicted molar refractivity (Wildman–Crippen MR) is 64.3 cm³/mol. The average molecular weight is 219 g/mol. The maximum Gasteiger partial charge on any atom is 0.265 e. The Hall–Kier alpha value is -1.55. The molecule has 0 radical (unpaired) electrons. The van der Waals surface area contributed by atoms with Gasteiger partial charge in [-0.05, 0) is 37.5 Å². The van der Waals surface area contributed by atoms with Crippen molar-refractivity contribution in [2.45, 2.75) is 19.8 Å². The topological polar surface area (TPSA) is 58.4 Å². The minimum absolute atomic E-state index is 0.236.